The number of unbranched alkanes of at least 4 members (excludes halogenated alkanes) is 19. The number of quaternary nitrogens is 1. The fraction of sp³-hybridized carbons (Fsp3) is 0.791. The van der Waals surface area contributed by atoms with Gasteiger partial charge in [-0.1, -0.05) is 152 Å². The third-order valence-corrected chi connectivity index (χ3v) is 10.0. The maximum Gasteiger partial charge on any atom is 0.268 e. The highest BCUT2D eigenvalue weighted by Crippen LogP contribution is 2.38. The Morgan fingerprint density at radius 2 is 1.13 bits per heavy atom. The SMILES string of the molecule is CCCCC/C=C\C=C/CCCCCCCCCCCCC(=O)NC(COP(=O)([O-])OCC[N+](C)(C)C)C(O)/C=C/CC/C=C/CCCCCCC. The van der Waals surface area contributed by atoms with Crippen molar-refractivity contribution in [3.63, 3.8) is 0 Å². The van der Waals surface area contributed by atoms with Crippen molar-refractivity contribution in [3.8, 4) is 0 Å². The van der Waals surface area contributed by atoms with E-state index in [4.69, 9.17) is 9.05 Å². The maximum absolute atomic E-state index is 12.8. The van der Waals surface area contributed by atoms with Gasteiger partial charge in [-0.15, -0.1) is 0 Å². The Morgan fingerprint density at radius 1 is 0.673 bits per heavy atom. The number of amides is 1. The highest BCUT2D eigenvalue weighted by molar-refractivity contribution is 7.45. The van der Waals surface area contributed by atoms with Crippen LogP contribution in [0.5, 0.6) is 0 Å². The van der Waals surface area contributed by atoms with Gasteiger partial charge in [0, 0.05) is 6.42 Å². The summed E-state index contributed by atoms with van der Waals surface area (Å²) < 4.78 is 23.1. The zero-order valence-corrected chi connectivity index (χ0v) is 35.1. The second-order valence-electron chi connectivity index (χ2n) is 15.4. The van der Waals surface area contributed by atoms with E-state index in [-0.39, 0.29) is 12.5 Å². The van der Waals surface area contributed by atoms with Gasteiger partial charge in [-0.3, -0.25) is 9.36 Å². The Hall–Kier alpha value is -1.54. The van der Waals surface area contributed by atoms with Crippen molar-refractivity contribution < 1.29 is 32.9 Å². The van der Waals surface area contributed by atoms with E-state index in [9.17, 15) is 19.4 Å². The van der Waals surface area contributed by atoms with Gasteiger partial charge in [-0.05, 0) is 57.8 Å². The van der Waals surface area contributed by atoms with Crippen LogP contribution in [-0.4, -0.2) is 68.5 Å². The smallest absolute Gasteiger partial charge is 0.268 e. The molecule has 0 radical (unpaired) electrons. The summed E-state index contributed by atoms with van der Waals surface area (Å²) in [4.78, 5) is 25.2. The molecule has 304 valence electrons. The lowest BCUT2D eigenvalue weighted by Gasteiger charge is -2.29. The topological polar surface area (TPSA) is 108 Å². The minimum absolute atomic E-state index is 0.00853. The third-order valence-electron chi connectivity index (χ3n) is 9.04. The number of likely N-dealkylation sites (N-methyl/N-ethyl adjacent to an activating group) is 1. The monoisotopic (exact) mass is 753 g/mol. The molecule has 0 aliphatic rings. The third kappa shape index (κ3) is 36.8. The van der Waals surface area contributed by atoms with E-state index in [1.165, 1.54) is 109 Å². The molecule has 0 aromatic rings. The van der Waals surface area contributed by atoms with Crippen molar-refractivity contribution in [2.24, 2.45) is 0 Å². The molecule has 3 unspecified atom stereocenters. The predicted molar refractivity (Wildman–Crippen MR) is 219 cm³/mol. The van der Waals surface area contributed by atoms with Crippen molar-refractivity contribution >= 4 is 13.7 Å². The summed E-state index contributed by atoms with van der Waals surface area (Å²) in [6.07, 6.45) is 43.0. The number of aliphatic hydroxyl groups is 1. The van der Waals surface area contributed by atoms with Crippen molar-refractivity contribution in [3.05, 3.63) is 48.6 Å². The average Bonchev–Trinajstić information content (AvgIpc) is 3.09. The Bertz CT molecular complexity index is 991. The van der Waals surface area contributed by atoms with E-state index < -0.39 is 26.6 Å². The molecule has 9 heteroatoms. The van der Waals surface area contributed by atoms with E-state index in [2.05, 4.69) is 55.6 Å². The van der Waals surface area contributed by atoms with Gasteiger partial charge in [0.1, 0.15) is 13.2 Å². The molecule has 0 bridgehead atoms. The lowest BCUT2D eigenvalue weighted by atomic mass is 10.0. The maximum atomic E-state index is 12.8. The van der Waals surface area contributed by atoms with Crippen LogP contribution in [0.1, 0.15) is 168 Å². The van der Waals surface area contributed by atoms with E-state index in [0.717, 1.165) is 38.5 Å². The fourth-order valence-corrected chi connectivity index (χ4v) is 6.35. The largest absolute Gasteiger partial charge is 0.756 e. The number of carbonyl (C=O) groups is 1. The number of rotatable bonds is 37. The van der Waals surface area contributed by atoms with Gasteiger partial charge in [0.2, 0.25) is 5.91 Å². The number of nitrogens with one attached hydrogen (secondary N) is 1. The van der Waals surface area contributed by atoms with Crippen LogP contribution < -0.4 is 10.2 Å². The van der Waals surface area contributed by atoms with E-state index >= 15 is 0 Å². The molecule has 52 heavy (non-hydrogen) atoms. The summed E-state index contributed by atoms with van der Waals surface area (Å²) in [6.45, 7) is 4.55. The minimum Gasteiger partial charge on any atom is -0.756 e. The Balaban J connectivity index is 4.43. The van der Waals surface area contributed by atoms with Crippen LogP contribution in [0.4, 0.5) is 0 Å². The molecule has 2 N–H and O–H groups in total. The molecular weight excluding hydrogens is 671 g/mol. The van der Waals surface area contributed by atoms with Gasteiger partial charge < -0.3 is 28.8 Å². The molecule has 0 aliphatic carbocycles. The Morgan fingerprint density at radius 3 is 1.71 bits per heavy atom. The molecular formula is C43H81N2O6P. The Labute approximate surface area is 320 Å². The summed E-state index contributed by atoms with van der Waals surface area (Å²) in [5, 5.41) is 13.7. The normalized spacial score (nSPS) is 15.0. The first kappa shape index (κ1) is 50.5. The standard InChI is InChI=1S/C43H81N2O6P/c1-6-8-10-12-14-16-18-19-20-21-22-23-24-25-27-29-31-33-35-37-43(47)44-41(40-51-52(48,49)50-39-38-45(3,4)5)42(46)36-34-32-30-28-26-17-15-13-11-9-7-2/h14,16,18-19,26,28,34,36,41-42,46H,6-13,15,17,20-25,27,29-33,35,37-40H2,1-5H3,(H-,44,47,48,49)/b16-14-,19-18-,28-26+,36-34+. The number of allylic oxidation sites excluding steroid dienone is 7. The average molecular weight is 753 g/mol. The van der Waals surface area contributed by atoms with Crippen LogP contribution in [0.15, 0.2) is 48.6 Å². The summed E-state index contributed by atoms with van der Waals surface area (Å²) in [5.41, 5.74) is 0. The summed E-state index contributed by atoms with van der Waals surface area (Å²) in [6, 6.07) is -0.903. The number of nitrogens with zero attached hydrogens (tertiary/aromatic N) is 1. The van der Waals surface area contributed by atoms with Crippen molar-refractivity contribution in [1.82, 2.24) is 5.32 Å². The van der Waals surface area contributed by atoms with Crippen LogP contribution in [0.25, 0.3) is 0 Å². The van der Waals surface area contributed by atoms with Gasteiger partial charge in [0.25, 0.3) is 7.82 Å². The summed E-state index contributed by atoms with van der Waals surface area (Å²) in [7, 11) is 1.23. The highest BCUT2D eigenvalue weighted by Gasteiger charge is 2.23. The molecule has 0 spiro atoms. The molecule has 0 heterocycles. The molecule has 3 atom stereocenters. The number of phosphoric ester groups is 1. The Kier molecular flexibility index (Phi) is 34.1. The number of hydrogen-bond acceptors (Lipinski definition) is 6. The number of phosphoric acid groups is 1. The zero-order chi connectivity index (χ0) is 38.6. The number of aliphatic hydroxyl groups excluding tert-OH is 1. The summed E-state index contributed by atoms with van der Waals surface area (Å²) >= 11 is 0. The fourth-order valence-electron chi connectivity index (χ4n) is 5.63. The van der Waals surface area contributed by atoms with E-state index in [1.807, 2.05) is 27.2 Å². The van der Waals surface area contributed by atoms with E-state index in [1.54, 1.807) is 6.08 Å². The first-order chi connectivity index (χ1) is 25.0. The van der Waals surface area contributed by atoms with Crippen LogP contribution in [0, 0.1) is 0 Å². The highest BCUT2D eigenvalue weighted by atomic mass is 31.2. The lowest BCUT2D eigenvalue weighted by molar-refractivity contribution is -0.870. The van der Waals surface area contributed by atoms with Gasteiger partial charge >= 0.3 is 0 Å². The van der Waals surface area contributed by atoms with Crippen molar-refractivity contribution in [2.75, 3.05) is 40.9 Å². The van der Waals surface area contributed by atoms with Crippen molar-refractivity contribution in [2.45, 2.75) is 180 Å². The molecule has 0 rings (SSSR count). The molecule has 0 saturated carbocycles. The van der Waals surface area contributed by atoms with Crippen LogP contribution >= 0.6 is 7.82 Å². The molecule has 0 fully saturated rings. The molecule has 1 amide bonds. The molecule has 0 saturated heterocycles. The molecule has 8 nitrogen and oxygen atoms in total. The zero-order valence-electron chi connectivity index (χ0n) is 34.2. The summed E-state index contributed by atoms with van der Waals surface area (Å²) in [5.74, 6) is -0.215. The van der Waals surface area contributed by atoms with Gasteiger partial charge in [0.15, 0.2) is 0 Å². The van der Waals surface area contributed by atoms with Crippen LogP contribution in [0.3, 0.4) is 0 Å². The lowest BCUT2D eigenvalue weighted by Crippen LogP contribution is -2.45. The molecule has 0 aliphatic heterocycles. The van der Waals surface area contributed by atoms with Crippen molar-refractivity contribution in [1.29, 1.82) is 0 Å². The molecule has 0 aromatic carbocycles. The quantitative estimate of drug-likeness (QED) is 0.0215. The first-order valence-electron chi connectivity index (χ1n) is 21.0. The second-order valence-corrected chi connectivity index (χ2v) is 16.8. The van der Waals surface area contributed by atoms with Gasteiger partial charge in [-0.2, -0.15) is 0 Å². The van der Waals surface area contributed by atoms with Gasteiger partial charge in [-0.25, -0.2) is 0 Å². The first-order valence-corrected chi connectivity index (χ1v) is 22.5. The molecule has 0 aromatic heterocycles. The second kappa shape index (κ2) is 35.2. The number of hydrogen-bond donors (Lipinski definition) is 2. The predicted octanol–water partition coefficient (Wildman–Crippen LogP) is 10.7. The number of carbonyl (C=O) groups excluding carboxylic acids is 1. The van der Waals surface area contributed by atoms with E-state index in [0.29, 0.717) is 17.4 Å². The van der Waals surface area contributed by atoms with Crippen LogP contribution in [-0.2, 0) is 18.4 Å². The van der Waals surface area contributed by atoms with Gasteiger partial charge in [0.05, 0.1) is 39.9 Å². The minimum atomic E-state index is -4.59. The van der Waals surface area contributed by atoms with Crippen LogP contribution in [0.2, 0.25) is 0 Å².